The van der Waals surface area contributed by atoms with Gasteiger partial charge >= 0.3 is 0 Å². The largest absolute Gasteiger partial charge is 0.484 e. The number of nitrogens with one attached hydrogen (secondary N) is 1. The number of amides is 1. The first-order chi connectivity index (χ1) is 15.6. The second kappa shape index (κ2) is 10.4. The molecule has 0 aliphatic heterocycles. The maximum absolute atomic E-state index is 13.1. The number of halogens is 2. The lowest BCUT2D eigenvalue weighted by molar-refractivity contribution is -0.123. The Hall–Kier alpha value is -3.46. The molecule has 0 spiro atoms. The average Bonchev–Trinajstić information content (AvgIpc) is 2.77. The zero-order valence-corrected chi connectivity index (χ0v) is 19.0. The second-order valence-corrected chi connectivity index (χ2v) is 9.43. The molecule has 0 aromatic heterocycles. The zero-order valence-electron chi connectivity index (χ0n) is 18.2. The van der Waals surface area contributed by atoms with E-state index in [1.54, 1.807) is 43.3 Å². The minimum atomic E-state index is -3.60. The highest BCUT2D eigenvalue weighted by atomic mass is 32.2. The van der Waals surface area contributed by atoms with Gasteiger partial charge in [-0.15, -0.1) is 0 Å². The van der Waals surface area contributed by atoms with Crippen LogP contribution in [0, 0.1) is 11.6 Å². The molecule has 0 fully saturated rings. The van der Waals surface area contributed by atoms with Crippen molar-refractivity contribution in [3.05, 3.63) is 95.6 Å². The summed E-state index contributed by atoms with van der Waals surface area (Å²) in [6.45, 7) is 1.58. The molecule has 0 saturated carbocycles. The van der Waals surface area contributed by atoms with E-state index in [1.165, 1.54) is 40.7 Å². The molecule has 174 valence electrons. The van der Waals surface area contributed by atoms with Crippen LogP contribution in [0.2, 0.25) is 0 Å². The Labute approximate surface area is 191 Å². The van der Waals surface area contributed by atoms with Crippen LogP contribution in [-0.2, 0) is 21.4 Å². The molecule has 9 heteroatoms. The van der Waals surface area contributed by atoms with Crippen molar-refractivity contribution in [2.75, 3.05) is 17.2 Å². The summed E-state index contributed by atoms with van der Waals surface area (Å²) < 4.78 is 57.4. The number of carbonyl (C=O) groups excluding carboxylic acids is 1. The first kappa shape index (κ1) is 24.2. The van der Waals surface area contributed by atoms with E-state index >= 15 is 0 Å². The van der Waals surface area contributed by atoms with Crippen molar-refractivity contribution in [2.24, 2.45) is 0 Å². The number of carbonyl (C=O) groups is 1. The van der Waals surface area contributed by atoms with Gasteiger partial charge in [0.1, 0.15) is 17.4 Å². The molecule has 0 bridgehead atoms. The summed E-state index contributed by atoms with van der Waals surface area (Å²) in [6, 6.07) is 17.4. The molecule has 1 N–H and O–H groups in total. The standard InChI is InChI=1S/C24H24F2N2O4S/c1-17(19-5-9-21(26)10-6-19)27-24(29)16-32-23-13-11-22(12-14-23)28(33(2,30)31)15-18-3-7-20(25)8-4-18/h3-14,17H,15-16H2,1-2H3,(H,27,29)/t17-/m1/s1. The summed E-state index contributed by atoms with van der Waals surface area (Å²) in [5.41, 5.74) is 1.80. The number of hydrogen-bond donors (Lipinski definition) is 1. The number of nitrogens with zero attached hydrogens (tertiary/aromatic N) is 1. The molecular weight excluding hydrogens is 450 g/mol. The van der Waals surface area contributed by atoms with E-state index in [2.05, 4.69) is 5.32 Å². The molecule has 3 aromatic carbocycles. The molecule has 33 heavy (non-hydrogen) atoms. The number of ether oxygens (including phenoxy) is 1. The van der Waals surface area contributed by atoms with Crippen molar-refractivity contribution in [2.45, 2.75) is 19.5 Å². The lowest BCUT2D eigenvalue weighted by atomic mass is 10.1. The second-order valence-electron chi connectivity index (χ2n) is 7.52. The molecule has 3 aromatic rings. The van der Waals surface area contributed by atoms with Crippen molar-refractivity contribution < 1.29 is 26.7 Å². The molecule has 0 saturated heterocycles. The van der Waals surface area contributed by atoms with Crippen molar-refractivity contribution in [3.8, 4) is 5.75 Å². The van der Waals surface area contributed by atoms with Crippen LogP contribution in [0.15, 0.2) is 72.8 Å². The van der Waals surface area contributed by atoms with Crippen molar-refractivity contribution >= 4 is 21.6 Å². The molecule has 0 heterocycles. The first-order valence-electron chi connectivity index (χ1n) is 10.1. The topological polar surface area (TPSA) is 75.7 Å². The van der Waals surface area contributed by atoms with Crippen molar-refractivity contribution in [3.63, 3.8) is 0 Å². The van der Waals surface area contributed by atoms with E-state index in [-0.39, 0.29) is 30.9 Å². The fourth-order valence-corrected chi connectivity index (χ4v) is 4.02. The van der Waals surface area contributed by atoms with E-state index in [0.717, 1.165) is 11.8 Å². The summed E-state index contributed by atoms with van der Waals surface area (Å²) in [6.07, 6.45) is 1.09. The van der Waals surface area contributed by atoms with Crippen LogP contribution < -0.4 is 14.4 Å². The van der Waals surface area contributed by atoms with Gasteiger partial charge in [0.25, 0.3) is 5.91 Å². The molecular formula is C24H24F2N2O4S. The van der Waals surface area contributed by atoms with Gasteiger partial charge in [0.05, 0.1) is 24.5 Å². The molecule has 0 radical (unpaired) electrons. The van der Waals surface area contributed by atoms with Crippen LogP contribution in [0.5, 0.6) is 5.75 Å². The highest BCUT2D eigenvalue weighted by Gasteiger charge is 2.18. The highest BCUT2D eigenvalue weighted by molar-refractivity contribution is 7.92. The third-order valence-corrected chi connectivity index (χ3v) is 6.02. The van der Waals surface area contributed by atoms with Gasteiger partial charge in [-0.1, -0.05) is 24.3 Å². The predicted octanol–water partition coefficient (Wildman–Crippen LogP) is 4.19. The van der Waals surface area contributed by atoms with E-state index in [0.29, 0.717) is 17.0 Å². The van der Waals surface area contributed by atoms with E-state index in [4.69, 9.17) is 4.74 Å². The summed E-state index contributed by atoms with van der Waals surface area (Å²) in [7, 11) is -3.60. The summed E-state index contributed by atoms with van der Waals surface area (Å²) in [5.74, 6) is -0.720. The molecule has 0 unspecified atom stereocenters. The molecule has 3 rings (SSSR count). The Balaban J connectivity index is 1.60. The summed E-state index contributed by atoms with van der Waals surface area (Å²) >= 11 is 0. The molecule has 1 atom stereocenters. The van der Waals surface area contributed by atoms with Gasteiger partial charge in [0.2, 0.25) is 10.0 Å². The van der Waals surface area contributed by atoms with Crippen LogP contribution in [0.1, 0.15) is 24.1 Å². The van der Waals surface area contributed by atoms with Gasteiger partial charge in [-0.3, -0.25) is 9.10 Å². The number of rotatable bonds is 9. The van der Waals surface area contributed by atoms with Gasteiger partial charge in [-0.2, -0.15) is 0 Å². The molecule has 0 aliphatic carbocycles. The number of sulfonamides is 1. The fourth-order valence-electron chi connectivity index (χ4n) is 3.13. The minimum absolute atomic E-state index is 0.0446. The normalized spacial score (nSPS) is 12.1. The quantitative estimate of drug-likeness (QED) is 0.505. The molecule has 6 nitrogen and oxygen atoms in total. The fraction of sp³-hybridized carbons (Fsp3) is 0.208. The van der Waals surface area contributed by atoms with Crippen molar-refractivity contribution in [1.82, 2.24) is 5.32 Å². The Morgan fingerprint density at radius 1 is 0.939 bits per heavy atom. The zero-order chi connectivity index (χ0) is 24.0. The van der Waals surface area contributed by atoms with E-state index in [1.807, 2.05) is 0 Å². The lowest BCUT2D eigenvalue weighted by Gasteiger charge is -2.23. The lowest BCUT2D eigenvalue weighted by Crippen LogP contribution is -2.31. The van der Waals surface area contributed by atoms with Gasteiger partial charge in [-0.25, -0.2) is 17.2 Å². The predicted molar refractivity (Wildman–Crippen MR) is 122 cm³/mol. The Morgan fingerprint density at radius 3 is 2.03 bits per heavy atom. The molecule has 0 aliphatic rings. The maximum atomic E-state index is 13.1. The van der Waals surface area contributed by atoms with Crippen LogP contribution in [-0.4, -0.2) is 27.2 Å². The minimum Gasteiger partial charge on any atom is -0.484 e. The average molecular weight is 475 g/mol. The molecule has 1 amide bonds. The van der Waals surface area contributed by atoms with E-state index in [9.17, 15) is 22.0 Å². The number of hydrogen-bond acceptors (Lipinski definition) is 4. The van der Waals surface area contributed by atoms with Crippen LogP contribution in [0.25, 0.3) is 0 Å². The van der Waals surface area contributed by atoms with Gasteiger partial charge in [0.15, 0.2) is 6.61 Å². The van der Waals surface area contributed by atoms with Gasteiger partial charge < -0.3 is 10.1 Å². The smallest absolute Gasteiger partial charge is 0.258 e. The Bertz CT molecular complexity index is 1180. The van der Waals surface area contributed by atoms with Gasteiger partial charge in [0, 0.05) is 0 Å². The van der Waals surface area contributed by atoms with E-state index < -0.39 is 15.8 Å². The Kier molecular flexibility index (Phi) is 7.65. The summed E-state index contributed by atoms with van der Waals surface area (Å²) in [4.78, 5) is 12.2. The maximum Gasteiger partial charge on any atom is 0.258 e. The first-order valence-corrected chi connectivity index (χ1v) is 12.0. The number of anilines is 1. The third kappa shape index (κ3) is 7.01. The highest BCUT2D eigenvalue weighted by Crippen LogP contribution is 2.24. The van der Waals surface area contributed by atoms with Crippen LogP contribution >= 0.6 is 0 Å². The SMILES string of the molecule is C[C@@H](NC(=O)COc1ccc(N(Cc2ccc(F)cc2)S(C)(=O)=O)cc1)c1ccc(F)cc1. The van der Waals surface area contributed by atoms with Gasteiger partial charge in [-0.05, 0) is 66.6 Å². The van der Waals surface area contributed by atoms with Crippen molar-refractivity contribution in [1.29, 1.82) is 0 Å². The van der Waals surface area contributed by atoms with Crippen LogP contribution in [0.4, 0.5) is 14.5 Å². The Morgan fingerprint density at radius 2 is 1.48 bits per heavy atom. The third-order valence-electron chi connectivity index (χ3n) is 4.88. The van der Waals surface area contributed by atoms with Crippen LogP contribution in [0.3, 0.4) is 0 Å². The number of benzene rings is 3. The monoisotopic (exact) mass is 474 g/mol. The summed E-state index contributed by atoms with van der Waals surface area (Å²) in [5, 5.41) is 2.77.